The van der Waals surface area contributed by atoms with E-state index in [1.807, 2.05) is 12.2 Å². The van der Waals surface area contributed by atoms with Crippen molar-refractivity contribution in [3.05, 3.63) is 46.4 Å². The molecule has 1 aliphatic heterocycles. The maximum absolute atomic E-state index is 12.2. The average molecular weight is 582 g/mol. The Labute approximate surface area is 203 Å². The van der Waals surface area contributed by atoms with Gasteiger partial charge in [0.1, 0.15) is 8.64 Å². The molecule has 2 unspecified atom stereocenters. The monoisotopic (exact) mass is 581 g/mol. The normalized spacial score (nSPS) is 25.0. The van der Waals surface area contributed by atoms with Gasteiger partial charge >= 0.3 is 0 Å². The maximum atomic E-state index is 12.2. The summed E-state index contributed by atoms with van der Waals surface area (Å²) < 4.78 is 4.84. The Morgan fingerprint density at radius 1 is 1.35 bits per heavy atom. The number of allylic oxidation sites excluding steroid dienone is 6. The summed E-state index contributed by atoms with van der Waals surface area (Å²) in [6.07, 6.45) is 8.03. The number of nitrogens with one attached hydrogen (secondary N) is 3. The summed E-state index contributed by atoms with van der Waals surface area (Å²) in [6, 6.07) is 0. The van der Waals surface area contributed by atoms with Crippen LogP contribution in [-0.4, -0.2) is 46.5 Å². The fourth-order valence-electron chi connectivity index (χ4n) is 2.84. The van der Waals surface area contributed by atoms with Crippen LogP contribution in [0.3, 0.4) is 0 Å². The molecule has 2 amide bonds. The van der Waals surface area contributed by atoms with E-state index in [1.165, 1.54) is 0 Å². The molecular weight excluding hydrogens is 560 g/mol. The first kappa shape index (κ1) is 23.7. The number of amides is 2. The van der Waals surface area contributed by atoms with Crippen LogP contribution in [0.15, 0.2) is 51.5 Å². The number of oxime groups is 1. The van der Waals surface area contributed by atoms with Gasteiger partial charge in [0.15, 0.2) is 12.4 Å². The minimum Gasteiger partial charge on any atom is -0.483 e. The van der Waals surface area contributed by atoms with Crippen molar-refractivity contribution in [2.45, 2.75) is 28.4 Å². The second-order valence-electron chi connectivity index (χ2n) is 6.97. The van der Waals surface area contributed by atoms with Gasteiger partial charge in [-0.1, -0.05) is 45.4 Å². The van der Waals surface area contributed by atoms with Crippen LogP contribution in [0, 0.1) is 0 Å². The molecular formula is C19H22Cl2IN5O4. The second-order valence-corrected chi connectivity index (χ2v) is 10.7. The number of carbonyl (C=O) groups excluding carboxylic acids is 2. The van der Waals surface area contributed by atoms with Crippen molar-refractivity contribution in [3.63, 3.8) is 0 Å². The molecule has 3 rings (SSSR count). The molecule has 0 aromatic carbocycles. The van der Waals surface area contributed by atoms with E-state index in [0.29, 0.717) is 23.0 Å². The molecule has 1 heterocycles. The highest BCUT2D eigenvalue weighted by atomic mass is 127. The van der Waals surface area contributed by atoms with E-state index in [0.717, 1.165) is 24.1 Å². The van der Waals surface area contributed by atoms with Crippen molar-refractivity contribution in [2.24, 2.45) is 10.9 Å². The van der Waals surface area contributed by atoms with E-state index in [2.05, 4.69) is 43.7 Å². The van der Waals surface area contributed by atoms with Gasteiger partial charge in [0.25, 0.3) is 18.0 Å². The Morgan fingerprint density at radius 2 is 2.13 bits per heavy atom. The lowest BCUT2D eigenvalue weighted by Crippen LogP contribution is -2.46. The largest absolute Gasteiger partial charge is 0.483 e. The van der Waals surface area contributed by atoms with Crippen molar-refractivity contribution in [2.75, 3.05) is 19.7 Å². The average Bonchev–Trinajstić information content (AvgIpc) is 3.21. The smallest absolute Gasteiger partial charge is 0.285 e. The van der Waals surface area contributed by atoms with Crippen LogP contribution >= 0.6 is 45.8 Å². The van der Waals surface area contributed by atoms with Crippen molar-refractivity contribution >= 4 is 63.4 Å². The zero-order valence-corrected chi connectivity index (χ0v) is 20.1. The highest BCUT2D eigenvalue weighted by Crippen LogP contribution is 2.39. The quantitative estimate of drug-likeness (QED) is 0.197. The summed E-state index contributed by atoms with van der Waals surface area (Å²) in [5, 5.41) is 12.6. The van der Waals surface area contributed by atoms with Gasteiger partial charge in [0.05, 0.1) is 5.03 Å². The third kappa shape index (κ3) is 7.04. The lowest BCUT2D eigenvalue weighted by molar-refractivity contribution is -0.132. The lowest BCUT2D eigenvalue weighted by atomic mass is 10.0. The Morgan fingerprint density at radius 3 is 2.84 bits per heavy atom. The highest BCUT2D eigenvalue weighted by Gasteiger charge is 2.29. The number of ether oxygens (including phenoxy) is 1. The van der Waals surface area contributed by atoms with Gasteiger partial charge in [-0.15, -0.1) is 11.6 Å². The fourth-order valence-corrected chi connectivity index (χ4v) is 4.22. The van der Waals surface area contributed by atoms with Crippen LogP contribution in [0.25, 0.3) is 0 Å². The van der Waals surface area contributed by atoms with Gasteiger partial charge in [-0.05, 0) is 36.6 Å². The standard InChI is InChI=1S/C19H22Cl2IN5O4/c20-13-9-19(21,22)6-5-14(13)30-10-15(28)24-7-8-25-17(29)18-26-16(27-31-18)11-1-3-12(23)4-2-11/h1,3,5-6,18H,2,4,7-10,23H2,(H,24,28)(H,25,29)(H,26,27). The lowest BCUT2D eigenvalue weighted by Gasteiger charge is -2.21. The van der Waals surface area contributed by atoms with E-state index < -0.39 is 9.11 Å². The van der Waals surface area contributed by atoms with Crippen molar-refractivity contribution < 1.29 is 19.2 Å². The van der Waals surface area contributed by atoms with E-state index in [4.69, 9.17) is 38.5 Å². The Bertz CT molecular complexity index is 898. The number of carbonyl (C=O) groups is 2. The number of nitrogens with two attached hydrogens (primary N) is 1. The predicted octanol–water partition coefficient (Wildman–Crippen LogP) is 1.84. The maximum Gasteiger partial charge on any atom is 0.285 e. The van der Waals surface area contributed by atoms with Crippen molar-refractivity contribution in [3.8, 4) is 0 Å². The van der Waals surface area contributed by atoms with Crippen LogP contribution in [0.2, 0.25) is 0 Å². The predicted molar refractivity (Wildman–Crippen MR) is 126 cm³/mol. The molecule has 0 aromatic heterocycles. The number of hydrogen-bond donors (Lipinski definition) is 4. The Balaban J connectivity index is 1.31. The molecule has 0 spiro atoms. The molecule has 0 fully saturated rings. The topological polar surface area (TPSA) is 127 Å². The molecule has 3 aliphatic rings. The molecule has 5 N–H and O–H groups in total. The van der Waals surface area contributed by atoms with Gasteiger partial charge < -0.3 is 31.3 Å². The first-order chi connectivity index (χ1) is 14.7. The third-order valence-corrected chi connectivity index (χ3v) is 5.80. The van der Waals surface area contributed by atoms with Gasteiger partial charge in [-0.3, -0.25) is 9.59 Å². The van der Waals surface area contributed by atoms with Crippen molar-refractivity contribution in [1.82, 2.24) is 16.0 Å². The Hall–Kier alpha value is -1.92. The van der Waals surface area contributed by atoms with E-state index in [-0.39, 0.29) is 31.5 Å². The first-order valence-corrected chi connectivity index (χ1v) is 11.4. The number of nitrogens with zero attached hydrogens (tertiary/aromatic N) is 1. The number of rotatable bonds is 8. The summed E-state index contributed by atoms with van der Waals surface area (Å²) >= 11 is 14.4. The van der Waals surface area contributed by atoms with Crippen LogP contribution < -0.4 is 21.7 Å². The van der Waals surface area contributed by atoms with Gasteiger partial charge in [-0.25, -0.2) is 0 Å². The minimum absolute atomic E-state index is 0.196. The molecule has 31 heavy (non-hydrogen) atoms. The van der Waals surface area contributed by atoms with Gasteiger partial charge in [0.2, 0.25) is 0 Å². The van der Waals surface area contributed by atoms with Gasteiger partial charge in [-0.2, -0.15) is 0 Å². The van der Waals surface area contributed by atoms with Crippen LogP contribution in [0.5, 0.6) is 0 Å². The molecule has 2 aliphatic carbocycles. The molecule has 9 nitrogen and oxygen atoms in total. The number of alkyl halides is 2. The fraction of sp³-hybridized carbons (Fsp3) is 0.421. The van der Waals surface area contributed by atoms with E-state index >= 15 is 0 Å². The van der Waals surface area contributed by atoms with Gasteiger partial charge in [0, 0.05) is 25.2 Å². The highest BCUT2D eigenvalue weighted by molar-refractivity contribution is 14.1. The summed E-state index contributed by atoms with van der Waals surface area (Å²) in [6.45, 7) is 0.250. The third-order valence-electron chi connectivity index (χ3n) is 4.48. The summed E-state index contributed by atoms with van der Waals surface area (Å²) in [4.78, 5) is 29.3. The summed E-state index contributed by atoms with van der Waals surface area (Å²) in [5.41, 5.74) is 7.47. The molecule has 168 valence electrons. The molecule has 0 bridgehead atoms. The zero-order chi connectivity index (χ0) is 22.4. The minimum atomic E-state index is -0.919. The molecule has 0 saturated carbocycles. The molecule has 12 heteroatoms. The molecule has 0 radical (unpaired) electrons. The van der Waals surface area contributed by atoms with Crippen molar-refractivity contribution in [1.29, 1.82) is 0 Å². The second kappa shape index (κ2) is 10.6. The van der Waals surface area contributed by atoms with Crippen LogP contribution in [0.1, 0.15) is 19.3 Å². The molecule has 0 aromatic rings. The van der Waals surface area contributed by atoms with E-state index in [9.17, 15) is 9.59 Å². The van der Waals surface area contributed by atoms with Crippen LogP contribution in [0.4, 0.5) is 0 Å². The first-order valence-electron chi connectivity index (χ1n) is 9.52. The van der Waals surface area contributed by atoms with Crippen LogP contribution in [-0.2, 0) is 19.2 Å². The number of amidine groups is 1. The number of halogens is 3. The Kier molecular flexibility index (Phi) is 8.11. The molecule has 0 saturated heterocycles. The van der Waals surface area contributed by atoms with E-state index in [1.54, 1.807) is 12.2 Å². The molecule has 2 atom stereocenters. The summed E-state index contributed by atoms with van der Waals surface area (Å²) in [5.74, 6) is 0.218. The SMILES string of the molecule is NC1=CC=C(C2=NOC(C(=O)NCCNC(=O)COC3=C(Cl)CC(Cl)(I)C=C3)N2)CC1. The zero-order valence-electron chi connectivity index (χ0n) is 16.4. The summed E-state index contributed by atoms with van der Waals surface area (Å²) in [7, 11) is 0. The number of hydrogen-bond acceptors (Lipinski definition) is 7.